The van der Waals surface area contributed by atoms with E-state index in [9.17, 15) is 0 Å². The zero-order chi connectivity index (χ0) is 14.7. The Balaban J connectivity index is 1.48. The summed E-state index contributed by atoms with van der Waals surface area (Å²) in [4.78, 5) is 0. The van der Waals surface area contributed by atoms with Gasteiger partial charge in [-0.25, -0.2) is 0 Å². The molecule has 1 N–H and O–H groups in total. The average Bonchev–Trinajstić information content (AvgIpc) is 2.48. The summed E-state index contributed by atoms with van der Waals surface area (Å²) >= 11 is 8.38. The summed E-state index contributed by atoms with van der Waals surface area (Å²) < 4.78 is 0.508. The summed E-state index contributed by atoms with van der Waals surface area (Å²) in [5.74, 6) is 0.660. The topological polar surface area (TPSA) is 12.0 Å². The third-order valence-electron chi connectivity index (χ3n) is 5.39. The van der Waals surface area contributed by atoms with Crippen molar-refractivity contribution in [2.45, 2.75) is 61.7 Å². The van der Waals surface area contributed by atoms with Gasteiger partial charge in [0.15, 0.2) is 0 Å². The van der Waals surface area contributed by atoms with Crippen LogP contribution in [0.3, 0.4) is 0 Å². The monoisotopic (exact) mass is 323 g/mol. The lowest BCUT2D eigenvalue weighted by Gasteiger charge is -2.41. The highest BCUT2D eigenvalue weighted by Gasteiger charge is 2.35. The maximum absolute atomic E-state index is 6.30. The second-order valence-corrected chi connectivity index (χ2v) is 8.40. The summed E-state index contributed by atoms with van der Waals surface area (Å²) in [6, 6.07) is 9.02. The molecule has 0 radical (unpaired) electrons. The summed E-state index contributed by atoms with van der Waals surface area (Å²) in [5.41, 5.74) is 1.34. The zero-order valence-electron chi connectivity index (χ0n) is 12.9. The van der Waals surface area contributed by atoms with Crippen molar-refractivity contribution >= 4 is 23.4 Å². The molecule has 21 heavy (non-hydrogen) atoms. The molecule has 2 aliphatic rings. The van der Waals surface area contributed by atoms with Crippen molar-refractivity contribution in [2.24, 2.45) is 0 Å². The van der Waals surface area contributed by atoms with Gasteiger partial charge in [0.25, 0.3) is 0 Å². The highest BCUT2D eigenvalue weighted by molar-refractivity contribution is 8.00. The number of rotatable bonds is 5. The Bertz CT molecular complexity index is 464. The summed E-state index contributed by atoms with van der Waals surface area (Å²) in [5, 5.41) is 4.77. The van der Waals surface area contributed by atoms with Gasteiger partial charge in [-0.3, -0.25) is 0 Å². The minimum atomic E-state index is 0.508. The lowest BCUT2D eigenvalue weighted by molar-refractivity contribution is 0.268. The van der Waals surface area contributed by atoms with Gasteiger partial charge in [0.1, 0.15) is 0 Å². The number of thioether (sulfide) groups is 1. The van der Waals surface area contributed by atoms with Gasteiger partial charge in [-0.15, -0.1) is 0 Å². The van der Waals surface area contributed by atoms with Crippen LogP contribution in [-0.4, -0.2) is 23.6 Å². The number of benzene rings is 1. The van der Waals surface area contributed by atoms with Gasteiger partial charge < -0.3 is 5.32 Å². The van der Waals surface area contributed by atoms with Gasteiger partial charge in [0, 0.05) is 22.4 Å². The molecule has 3 rings (SSSR count). The molecule has 3 heteroatoms. The predicted molar refractivity (Wildman–Crippen MR) is 94.5 cm³/mol. The van der Waals surface area contributed by atoms with E-state index in [1.54, 1.807) is 0 Å². The van der Waals surface area contributed by atoms with Crippen LogP contribution in [0.2, 0.25) is 5.02 Å². The highest BCUT2D eigenvalue weighted by Crippen LogP contribution is 2.42. The fourth-order valence-corrected chi connectivity index (χ4v) is 5.04. The SMILES string of the molecule is CSC1(CNC2CC(c3ccccc3Cl)C2)CCCCC1. The van der Waals surface area contributed by atoms with Crippen molar-refractivity contribution in [1.82, 2.24) is 5.32 Å². The molecule has 0 spiro atoms. The van der Waals surface area contributed by atoms with Crippen LogP contribution in [-0.2, 0) is 0 Å². The minimum absolute atomic E-state index is 0.508. The molecule has 2 aliphatic carbocycles. The normalized spacial score (nSPS) is 28.1. The third kappa shape index (κ3) is 3.60. The van der Waals surface area contributed by atoms with E-state index < -0.39 is 0 Å². The maximum Gasteiger partial charge on any atom is 0.0440 e. The summed E-state index contributed by atoms with van der Waals surface area (Å²) in [7, 11) is 0. The smallest absolute Gasteiger partial charge is 0.0440 e. The van der Waals surface area contributed by atoms with Crippen LogP contribution in [0.25, 0.3) is 0 Å². The van der Waals surface area contributed by atoms with Gasteiger partial charge in [-0.2, -0.15) is 11.8 Å². The van der Waals surface area contributed by atoms with Gasteiger partial charge in [-0.05, 0) is 49.5 Å². The molecule has 0 aromatic heterocycles. The van der Waals surface area contributed by atoms with E-state index in [0.717, 1.165) is 5.02 Å². The molecular formula is C18H26ClNS. The fourth-order valence-electron chi connectivity index (χ4n) is 3.82. The molecule has 0 bridgehead atoms. The molecule has 1 aromatic rings. The molecule has 116 valence electrons. The number of halogens is 1. The lowest BCUT2D eigenvalue weighted by atomic mass is 9.75. The first kappa shape index (κ1) is 15.7. The van der Waals surface area contributed by atoms with Crippen LogP contribution in [0.5, 0.6) is 0 Å². The molecule has 0 heterocycles. The molecule has 0 aliphatic heterocycles. The first-order valence-corrected chi connectivity index (χ1v) is 9.86. The molecule has 2 fully saturated rings. The molecule has 0 amide bonds. The predicted octanol–water partition coefficient (Wildman–Crippen LogP) is 5.24. The summed E-state index contributed by atoms with van der Waals surface area (Å²) in [6.45, 7) is 1.19. The second kappa shape index (κ2) is 6.93. The Morgan fingerprint density at radius 3 is 2.57 bits per heavy atom. The van der Waals surface area contributed by atoms with Gasteiger partial charge in [0.05, 0.1) is 0 Å². The first-order chi connectivity index (χ1) is 10.2. The zero-order valence-corrected chi connectivity index (χ0v) is 14.5. The number of nitrogens with one attached hydrogen (secondary N) is 1. The van der Waals surface area contributed by atoms with E-state index in [-0.39, 0.29) is 0 Å². The minimum Gasteiger partial charge on any atom is -0.313 e. The Morgan fingerprint density at radius 1 is 1.19 bits per heavy atom. The van der Waals surface area contributed by atoms with E-state index in [0.29, 0.717) is 16.7 Å². The van der Waals surface area contributed by atoms with E-state index in [4.69, 9.17) is 11.6 Å². The van der Waals surface area contributed by atoms with Crippen molar-refractivity contribution in [3.8, 4) is 0 Å². The second-order valence-electron chi connectivity index (χ2n) is 6.72. The largest absolute Gasteiger partial charge is 0.313 e. The van der Waals surface area contributed by atoms with Crippen molar-refractivity contribution < 1.29 is 0 Å². The van der Waals surface area contributed by atoms with Crippen LogP contribution in [0.1, 0.15) is 56.4 Å². The van der Waals surface area contributed by atoms with Crippen LogP contribution in [0, 0.1) is 0 Å². The van der Waals surface area contributed by atoms with Crippen LogP contribution < -0.4 is 5.32 Å². The standard InChI is InChI=1S/C18H26ClNS/c1-21-18(9-5-2-6-10-18)13-20-15-11-14(12-15)16-7-3-4-8-17(16)19/h3-4,7-8,14-15,20H,2,5-6,9-13H2,1H3. The van der Waals surface area contributed by atoms with E-state index in [1.165, 1.54) is 57.1 Å². The molecule has 2 saturated carbocycles. The Labute approximate surface area is 138 Å². The van der Waals surface area contributed by atoms with Crippen molar-refractivity contribution in [3.63, 3.8) is 0 Å². The fraction of sp³-hybridized carbons (Fsp3) is 0.667. The first-order valence-electron chi connectivity index (χ1n) is 8.25. The maximum atomic E-state index is 6.30. The van der Waals surface area contributed by atoms with Gasteiger partial charge in [0.2, 0.25) is 0 Å². The van der Waals surface area contributed by atoms with Crippen molar-refractivity contribution in [1.29, 1.82) is 0 Å². The van der Waals surface area contributed by atoms with Crippen molar-refractivity contribution in [2.75, 3.05) is 12.8 Å². The molecule has 1 nitrogen and oxygen atoms in total. The number of hydrogen-bond donors (Lipinski definition) is 1. The molecule has 0 atom stereocenters. The van der Waals surface area contributed by atoms with Crippen LogP contribution >= 0.6 is 23.4 Å². The number of hydrogen-bond acceptors (Lipinski definition) is 2. The van der Waals surface area contributed by atoms with E-state index in [2.05, 4.69) is 35.5 Å². The van der Waals surface area contributed by atoms with Crippen molar-refractivity contribution in [3.05, 3.63) is 34.9 Å². The molecule has 0 saturated heterocycles. The molecular weight excluding hydrogens is 298 g/mol. The highest BCUT2D eigenvalue weighted by atomic mass is 35.5. The Hall–Kier alpha value is -0.180. The lowest BCUT2D eigenvalue weighted by Crippen LogP contribution is -2.47. The van der Waals surface area contributed by atoms with Crippen LogP contribution in [0.4, 0.5) is 0 Å². The van der Waals surface area contributed by atoms with E-state index in [1.807, 2.05) is 12.1 Å². The van der Waals surface area contributed by atoms with E-state index >= 15 is 0 Å². The Morgan fingerprint density at radius 2 is 1.90 bits per heavy atom. The average molecular weight is 324 g/mol. The van der Waals surface area contributed by atoms with Crippen LogP contribution in [0.15, 0.2) is 24.3 Å². The Kier molecular flexibility index (Phi) is 5.19. The van der Waals surface area contributed by atoms with Gasteiger partial charge in [-0.1, -0.05) is 49.1 Å². The quantitative estimate of drug-likeness (QED) is 0.795. The summed E-state index contributed by atoms with van der Waals surface area (Å²) in [6.07, 6.45) is 11.8. The third-order valence-corrected chi connectivity index (χ3v) is 7.16. The molecule has 1 aromatic carbocycles. The molecule has 0 unspecified atom stereocenters. The van der Waals surface area contributed by atoms with Gasteiger partial charge >= 0.3 is 0 Å².